The van der Waals surface area contributed by atoms with Gasteiger partial charge in [-0.05, 0) is 54.4 Å². The van der Waals surface area contributed by atoms with Gasteiger partial charge in [-0.2, -0.15) is 0 Å². The van der Waals surface area contributed by atoms with Gasteiger partial charge in [-0.3, -0.25) is 19.3 Å². The summed E-state index contributed by atoms with van der Waals surface area (Å²) < 4.78 is 0. The van der Waals surface area contributed by atoms with Crippen LogP contribution in [0.2, 0.25) is 0 Å². The van der Waals surface area contributed by atoms with Crippen molar-refractivity contribution in [1.29, 1.82) is 0 Å². The summed E-state index contributed by atoms with van der Waals surface area (Å²) in [5.74, 6) is -1.97. The second-order valence-corrected chi connectivity index (χ2v) is 10.4. The molecule has 0 unspecified atom stereocenters. The minimum Gasteiger partial charge on any atom is -0.478 e. The molecule has 2 heterocycles. The van der Waals surface area contributed by atoms with Crippen LogP contribution in [0.1, 0.15) is 37.4 Å². The molecule has 43 heavy (non-hydrogen) atoms. The lowest BCUT2D eigenvalue weighted by atomic mass is 9.96. The van der Waals surface area contributed by atoms with Crippen molar-refractivity contribution in [2.75, 3.05) is 56.5 Å². The molecular weight excluding hydrogens is 550 g/mol. The number of rotatable bonds is 9. The molecule has 0 atom stereocenters. The van der Waals surface area contributed by atoms with Crippen LogP contribution in [0.25, 0.3) is 11.3 Å². The molecule has 5 N–H and O–H groups in total. The van der Waals surface area contributed by atoms with E-state index >= 15 is 0 Å². The van der Waals surface area contributed by atoms with Gasteiger partial charge in [-0.25, -0.2) is 4.79 Å². The maximum absolute atomic E-state index is 13.2. The Morgan fingerprint density at radius 1 is 0.930 bits per heavy atom. The Balaban J connectivity index is 1.32. The molecule has 222 valence electrons. The number of hydrogen-bond acceptors (Lipinski definition) is 7. The van der Waals surface area contributed by atoms with Crippen molar-refractivity contribution in [3.05, 3.63) is 94.5 Å². The third kappa shape index (κ3) is 6.58. The first-order valence-electron chi connectivity index (χ1n) is 14.0. The number of hydrogen-bond donors (Lipinski definition) is 5. The van der Waals surface area contributed by atoms with Crippen LogP contribution < -0.4 is 16.0 Å². The first-order chi connectivity index (χ1) is 20.7. The van der Waals surface area contributed by atoms with Crippen molar-refractivity contribution in [3.63, 3.8) is 0 Å². The predicted molar refractivity (Wildman–Crippen MR) is 163 cm³/mol. The molecule has 0 spiro atoms. The number of aryl methyl sites for hydroxylation is 1. The largest absolute Gasteiger partial charge is 0.478 e. The number of benzene rings is 3. The lowest BCUT2D eigenvalue weighted by Gasteiger charge is -2.34. The number of carboxylic acids is 1. The smallest absolute Gasteiger partial charge is 0.336 e. The van der Waals surface area contributed by atoms with Crippen LogP contribution in [0.4, 0.5) is 11.4 Å². The molecule has 3 amide bonds. The van der Waals surface area contributed by atoms with Crippen molar-refractivity contribution in [2.45, 2.75) is 6.92 Å². The number of carbonyl (C=O) groups is 4. The number of nitrogens with one attached hydrogen (secondary N) is 3. The molecule has 5 rings (SSSR count). The van der Waals surface area contributed by atoms with Crippen LogP contribution >= 0.6 is 0 Å². The summed E-state index contributed by atoms with van der Waals surface area (Å²) in [7, 11) is 0. The summed E-state index contributed by atoms with van der Waals surface area (Å²) >= 11 is 0. The van der Waals surface area contributed by atoms with E-state index in [-0.39, 0.29) is 36.4 Å². The van der Waals surface area contributed by atoms with E-state index in [1.165, 1.54) is 6.07 Å². The van der Waals surface area contributed by atoms with Crippen molar-refractivity contribution in [3.8, 4) is 0 Å². The van der Waals surface area contributed by atoms with E-state index in [0.717, 1.165) is 5.56 Å². The highest BCUT2D eigenvalue weighted by molar-refractivity contribution is 6.37. The quantitative estimate of drug-likeness (QED) is 0.241. The molecule has 11 nitrogen and oxygen atoms in total. The zero-order valence-corrected chi connectivity index (χ0v) is 23.7. The zero-order chi connectivity index (χ0) is 30.5. The fraction of sp³-hybridized carbons (Fsp3) is 0.250. The molecule has 3 aromatic carbocycles. The maximum atomic E-state index is 13.2. The summed E-state index contributed by atoms with van der Waals surface area (Å²) in [6.45, 7) is 4.73. The first kappa shape index (κ1) is 29.5. The van der Waals surface area contributed by atoms with E-state index in [2.05, 4.69) is 20.9 Å². The molecule has 2 aliphatic rings. The zero-order valence-electron chi connectivity index (χ0n) is 23.7. The second kappa shape index (κ2) is 12.9. The average molecular weight is 584 g/mol. The van der Waals surface area contributed by atoms with Crippen molar-refractivity contribution < 1.29 is 29.4 Å². The van der Waals surface area contributed by atoms with Gasteiger partial charge in [0, 0.05) is 49.5 Å². The van der Waals surface area contributed by atoms with Crippen molar-refractivity contribution in [2.24, 2.45) is 0 Å². The highest BCUT2D eigenvalue weighted by atomic mass is 16.4. The number of aromatic carboxylic acids is 1. The Kier molecular flexibility index (Phi) is 8.84. The summed E-state index contributed by atoms with van der Waals surface area (Å²) in [4.78, 5) is 54.0. The lowest BCUT2D eigenvalue weighted by molar-refractivity contribution is -0.131. The van der Waals surface area contributed by atoms with E-state index in [9.17, 15) is 24.3 Å². The van der Waals surface area contributed by atoms with Gasteiger partial charge in [-0.15, -0.1) is 0 Å². The van der Waals surface area contributed by atoms with Gasteiger partial charge in [0.05, 0.1) is 35.7 Å². The molecule has 2 aliphatic heterocycles. The summed E-state index contributed by atoms with van der Waals surface area (Å²) in [5.41, 5.74) is 4.32. The molecule has 0 aliphatic carbocycles. The SMILES string of the molecule is Cc1cc2c(cc1C(=O)O)NC(=O)/C2=C(/Nc1ccc(C(=O)NCC(=O)N2CCN(CCO)CC2)cc1)c1ccccc1. The molecular formula is C32H33N5O6. The number of β-amino-alcohol motifs (C(OH)–C–C–N with tert-alkyl or cyclic N) is 1. The number of fused-ring (bicyclic) bond motifs is 1. The molecule has 0 radical (unpaired) electrons. The summed E-state index contributed by atoms with van der Waals surface area (Å²) in [6.07, 6.45) is 0. The fourth-order valence-electron chi connectivity index (χ4n) is 5.27. The normalized spacial score (nSPS) is 15.9. The van der Waals surface area contributed by atoms with Crippen LogP contribution in [0, 0.1) is 6.92 Å². The highest BCUT2D eigenvalue weighted by Gasteiger charge is 2.30. The Labute approximate surface area is 248 Å². The van der Waals surface area contributed by atoms with E-state index in [0.29, 0.717) is 72.1 Å². The molecule has 1 fully saturated rings. The number of nitrogens with zero attached hydrogens (tertiary/aromatic N) is 2. The maximum Gasteiger partial charge on any atom is 0.336 e. The van der Waals surface area contributed by atoms with Gasteiger partial charge in [0.1, 0.15) is 0 Å². The van der Waals surface area contributed by atoms with Gasteiger partial charge in [-0.1, -0.05) is 30.3 Å². The molecule has 0 bridgehead atoms. The van der Waals surface area contributed by atoms with E-state index < -0.39 is 5.97 Å². The van der Waals surface area contributed by atoms with Crippen molar-refractivity contribution in [1.82, 2.24) is 15.1 Å². The number of piperazine rings is 1. The summed E-state index contributed by atoms with van der Waals surface area (Å²) in [5, 5.41) is 27.4. The minimum absolute atomic E-state index is 0.0850. The summed E-state index contributed by atoms with van der Waals surface area (Å²) in [6, 6.07) is 19.2. The van der Waals surface area contributed by atoms with Crippen LogP contribution in [-0.4, -0.2) is 89.6 Å². The Hall–Kier alpha value is -5.00. The van der Waals surface area contributed by atoms with Gasteiger partial charge in [0.25, 0.3) is 11.8 Å². The van der Waals surface area contributed by atoms with Gasteiger partial charge < -0.3 is 31.1 Å². The highest BCUT2D eigenvalue weighted by Crippen LogP contribution is 2.39. The van der Waals surface area contributed by atoms with E-state index in [1.54, 1.807) is 42.2 Å². The van der Waals surface area contributed by atoms with Gasteiger partial charge in [0.15, 0.2) is 0 Å². The second-order valence-electron chi connectivity index (χ2n) is 10.4. The number of aliphatic hydroxyl groups is 1. The lowest BCUT2D eigenvalue weighted by Crippen LogP contribution is -2.51. The van der Waals surface area contributed by atoms with Crippen LogP contribution in [-0.2, 0) is 9.59 Å². The predicted octanol–water partition coefficient (Wildman–Crippen LogP) is 2.49. The molecule has 1 saturated heterocycles. The fourth-order valence-corrected chi connectivity index (χ4v) is 5.27. The Bertz CT molecular complexity index is 1580. The standard InChI is InChI=1S/C32H33N5O6/c1-20-17-25-26(18-24(20)32(42)43)35-31(41)28(25)29(21-5-3-2-4-6-21)34-23-9-7-22(8-10-23)30(40)33-19-27(39)37-13-11-36(12-14-37)15-16-38/h2-10,17-18,34,38H,11-16,19H2,1H3,(H,33,40)(H,35,41)(H,42,43)/b29-28+. The number of anilines is 2. The van der Waals surface area contributed by atoms with Gasteiger partial charge in [0.2, 0.25) is 5.91 Å². The number of carbonyl (C=O) groups excluding carboxylic acids is 3. The average Bonchev–Trinajstić information content (AvgIpc) is 3.33. The molecule has 3 aromatic rings. The Morgan fingerprint density at radius 2 is 1.63 bits per heavy atom. The molecule has 0 saturated carbocycles. The third-order valence-electron chi connectivity index (χ3n) is 7.61. The number of aliphatic hydroxyl groups excluding tert-OH is 1. The topological polar surface area (TPSA) is 151 Å². The van der Waals surface area contributed by atoms with Crippen molar-refractivity contribution >= 4 is 46.3 Å². The van der Waals surface area contributed by atoms with Crippen LogP contribution in [0.15, 0.2) is 66.7 Å². The molecule has 0 aromatic heterocycles. The number of amides is 3. The minimum atomic E-state index is -1.07. The van der Waals surface area contributed by atoms with E-state index in [1.807, 2.05) is 30.3 Å². The number of carboxylic acid groups (broad SMARTS) is 1. The Morgan fingerprint density at radius 3 is 2.28 bits per heavy atom. The van der Waals surface area contributed by atoms with E-state index in [4.69, 9.17) is 5.11 Å². The van der Waals surface area contributed by atoms with Crippen LogP contribution in [0.5, 0.6) is 0 Å². The third-order valence-corrected chi connectivity index (χ3v) is 7.61. The first-order valence-corrected chi connectivity index (χ1v) is 14.0. The van der Waals surface area contributed by atoms with Gasteiger partial charge >= 0.3 is 5.97 Å². The molecule has 11 heteroatoms. The monoisotopic (exact) mass is 583 g/mol. The van der Waals surface area contributed by atoms with Crippen LogP contribution in [0.3, 0.4) is 0 Å².